The number of aliphatic imine (C=N–C) groups is 1. The van der Waals surface area contributed by atoms with E-state index in [0.29, 0.717) is 18.2 Å². The predicted molar refractivity (Wildman–Crippen MR) is 53.5 cm³/mol. The van der Waals surface area contributed by atoms with Crippen molar-refractivity contribution in [3.63, 3.8) is 0 Å². The summed E-state index contributed by atoms with van der Waals surface area (Å²) in [5, 5.41) is 0. The molecule has 0 bridgehead atoms. The fraction of sp³-hybridized carbons (Fsp3) is 0.300. The largest absolute Gasteiger partial charge is 0.469 e. The smallest absolute Gasteiger partial charge is 0.356 e. The number of aromatic nitrogens is 1. The molecule has 0 fully saturated rings. The van der Waals surface area contributed by atoms with E-state index in [1.54, 1.807) is 25.3 Å². The van der Waals surface area contributed by atoms with Gasteiger partial charge in [-0.2, -0.15) is 0 Å². The molecule has 0 spiro atoms. The molecule has 15 heavy (non-hydrogen) atoms. The van der Waals surface area contributed by atoms with Crippen LogP contribution in [0.2, 0.25) is 0 Å². The van der Waals surface area contributed by atoms with Crippen LogP contribution >= 0.6 is 0 Å². The van der Waals surface area contributed by atoms with E-state index >= 15 is 0 Å². The zero-order chi connectivity index (χ0) is 10.7. The Morgan fingerprint density at radius 1 is 1.67 bits per heavy atom. The van der Waals surface area contributed by atoms with Gasteiger partial charge in [0, 0.05) is 6.20 Å². The first kappa shape index (κ1) is 9.64. The van der Waals surface area contributed by atoms with Gasteiger partial charge in [-0.3, -0.25) is 0 Å². The van der Waals surface area contributed by atoms with E-state index in [0.717, 1.165) is 0 Å². The molecule has 0 saturated heterocycles. The number of hydrogen-bond acceptors (Lipinski definition) is 5. The zero-order valence-corrected chi connectivity index (χ0v) is 8.27. The van der Waals surface area contributed by atoms with E-state index in [9.17, 15) is 4.79 Å². The monoisotopic (exact) mass is 206 g/mol. The summed E-state index contributed by atoms with van der Waals surface area (Å²) < 4.78 is 10.1. The van der Waals surface area contributed by atoms with Crippen molar-refractivity contribution in [3.8, 4) is 5.88 Å². The SMILES string of the molecule is CCOC(=O)C1=Nc2cccnc2OC1. The standard InChI is InChI=1S/C10H10N2O3/c1-2-14-10(13)8-6-15-9-7(12-8)4-3-5-11-9/h3-5H,2,6H2,1H3. The van der Waals surface area contributed by atoms with E-state index in [1.807, 2.05) is 0 Å². The molecule has 1 aromatic heterocycles. The van der Waals surface area contributed by atoms with Gasteiger partial charge in [-0.15, -0.1) is 0 Å². The van der Waals surface area contributed by atoms with Crippen LogP contribution in [-0.4, -0.2) is 29.9 Å². The number of nitrogens with zero attached hydrogens (tertiary/aromatic N) is 2. The van der Waals surface area contributed by atoms with Crippen LogP contribution in [0.15, 0.2) is 23.3 Å². The molecule has 0 atom stereocenters. The lowest BCUT2D eigenvalue weighted by atomic mass is 10.3. The van der Waals surface area contributed by atoms with Crippen LogP contribution in [0.1, 0.15) is 6.92 Å². The van der Waals surface area contributed by atoms with Crippen molar-refractivity contribution in [1.29, 1.82) is 0 Å². The number of hydrogen-bond donors (Lipinski definition) is 0. The number of pyridine rings is 1. The van der Waals surface area contributed by atoms with Crippen LogP contribution in [-0.2, 0) is 9.53 Å². The topological polar surface area (TPSA) is 60.8 Å². The first-order valence-corrected chi connectivity index (χ1v) is 4.63. The van der Waals surface area contributed by atoms with Gasteiger partial charge in [0.1, 0.15) is 12.3 Å². The molecule has 0 unspecified atom stereocenters. The van der Waals surface area contributed by atoms with E-state index < -0.39 is 5.97 Å². The molecule has 1 aliphatic rings. The second-order valence-electron chi connectivity index (χ2n) is 2.90. The van der Waals surface area contributed by atoms with Crippen molar-refractivity contribution in [3.05, 3.63) is 18.3 Å². The van der Waals surface area contributed by atoms with Gasteiger partial charge < -0.3 is 9.47 Å². The van der Waals surface area contributed by atoms with Crippen LogP contribution in [0.3, 0.4) is 0 Å². The fourth-order valence-electron chi connectivity index (χ4n) is 1.21. The molecule has 0 aromatic carbocycles. The summed E-state index contributed by atoms with van der Waals surface area (Å²) in [5.41, 5.74) is 0.837. The average molecular weight is 206 g/mol. The second kappa shape index (κ2) is 4.08. The first-order chi connectivity index (χ1) is 7.31. The highest BCUT2D eigenvalue weighted by Gasteiger charge is 2.20. The molecule has 0 N–H and O–H groups in total. The third-order valence-corrected chi connectivity index (χ3v) is 1.86. The maximum absolute atomic E-state index is 11.4. The lowest BCUT2D eigenvalue weighted by Crippen LogP contribution is -2.26. The van der Waals surface area contributed by atoms with Gasteiger partial charge in [-0.1, -0.05) is 0 Å². The first-order valence-electron chi connectivity index (χ1n) is 4.63. The Labute approximate surface area is 86.8 Å². The molecule has 0 amide bonds. The molecule has 0 saturated carbocycles. The lowest BCUT2D eigenvalue weighted by Gasteiger charge is -2.14. The molecule has 1 aliphatic heterocycles. The Balaban J connectivity index is 2.25. The van der Waals surface area contributed by atoms with E-state index in [4.69, 9.17) is 9.47 Å². The minimum absolute atomic E-state index is 0.114. The van der Waals surface area contributed by atoms with Gasteiger partial charge in [-0.05, 0) is 19.1 Å². The van der Waals surface area contributed by atoms with Crippen molar-refractivity contribution < 1.29 is 14.3 Å². The van der Waals surface area contributed by atoms with Crippen LogP contribution in [0.4, 0.5) is 5.69 Å². The highest BCUT2D eigenvalue weighted by Crippen LogP contribution is 2.27. The van der Waals surface area contributed by atoms with E-state index in [-0.39, 0.29) is 12.3 Å². The number of fused-ring (bicyclic) bond motifs is 1. The third kappa shape index (κ3) is 1.96. The summed E-state index contributed by atoms with van der Waals surface area (Å²) in [6.45, 7) is 2.19. The Kier molecular flexibility index (Phi) is 2.62. The molecule has 2 rings (SSSR count). The molecule has 1 aromatic rings. The number of rotatable bonds is 2. The van der Waals surface area contributed by atoms with E-state index in [2.05, 4.69) is 9.98 Å². The summed E-state index contributed by atoms with van der Waals surface area (Å²) in [4.78, 5) is 19.5. The summed E-state index contributed by atoms with van der Waals surface area (Å²) in [6.07, 6.45) is 1.61. The van der Waals surface area contributed by atoms with Crippen molar-refractivity contribution in [2.24, 2.45) is 4.99 Å². The van der Waals surface area contributed by atoms with Gasteiger partial charge in [-0.25, -0.2) is 14.8 Å². The summed E-state index contributed by atoms with van der Waals surface area (Å²) in [6, 6.07) is 3.47. The van der Waals surface area contributed by atoms with Crippen LogP contribution in [0.5, 0.6) is 5.88 Å². The van der Waals surface area contributed by atoms with E-state index in [1.165, 1.54) is 0 Å². The van der Waals surface area contributed by atoms with Gasteiger partial charge in [0.2, 0.25) is 5.88 Å². The summed E-state index contributed by atoms with van der Waals surface area (Å²) >= 11 is 0. The van der Waals surface area contributed by atoms with Crippen molar-refractivity contribution >= 4 is 17.4 Å². The van der Waals surface area contributed by atoms with Gasteiger partial charge >= 0.3 is 5.97 Å². The Hall–Kier alpha value is -1.91. The molecular weight excluding hydrogens is 196 g/mol. The van der Waals surface area contributed by atoms with Crippen molar-refractivity contribution in [2.45, 2.75) is 6.92 Å². The molecule has 0 radical (unpaired) electrons. The van der Waals surface area contributed by atoms with Crippen LogP contribution in [0, 0.1) is 0 Å². The van der Waals surface area contributed by atoms with Gasteiger partial charge in [0.05, 0.1) is 6.61 Å². The number of carbonyl (C=O) groups is 1. The Bertz CT molecular complexity index is 415. The third-order valence-electron chi connectivity index (χ3n) is 1.86. The van der Waals surface area contributed by atoms with Crippen LogP contribution < -0.4 is 4.74 Å². The molecule has 0 aliphatic carbocycles. The highest BCUT2D eigenvalue weighted by atomic mass is 16.5. The maximum Gasteiger partial charge on any atom is 0.356 e. The lowest BCUT2D eigenvalue weighted by molar-refractivity contribution is -0.135. The Morgan fingerprint density at radius 3 is 3.33 bits per heavy atom. The van der Waals surface area contributed by atoms with Gasteiger partial charge in [0.25, 0.3) is 0 Å². The minimum atomic E-state index is -0.438. The maximum atomic E-state index is 11.4. The normalized spacial score (nSPS) is 13.5. The molecular formula is C10H10N2O3. The summed E-state index contributed by atoms with van der Waals surface area (Å²) in [5.74, 6) is 0.0116. The second-order valence-corrected chi connectivity index (χ2v) is 2.90. The highest BCUT2D eigenvalue weighted by molar-refractivity contribution is 6.38. The molecule has 5 nitrogen and oxygen atoms in total. The predicted octanol–water partition coefficient (Wildman–Crippen LogP) is 1.11. The molecule has 78 valence electrons. The average Bonchev–Trinajstić information content (AvgIpc) is 2.29. The minimum Gasteiger partial charge on any atom is -0.469 e. The van der Waals surface area contributed by atoms with Crippen molar-refractivity contribution in [2.75, 3.05) is 13.2 Å². The molecule has 2 heterocycles. The number of esters is 1. The molecule has 5 heteroatoms. The van der Waals surface area contributed by atoms with Gasteiger partial charge in [0.15, 0.2) is 5.71 Å². The van der Waals surface area contributed by atoms with Crippen LogP contribution in [0.25, 0.3) is 0 Å². The zero-order valence-electron chi connectivity index (χ0n) is 8.27. The number of ether oxygens (including phenoxy) is 2. The quantitative estimate of drug-likeness (QED) is 0.680. The Morgan fingerprint density at radius 2 is 2.53 bits per heavy atom. The summed E-state index contributed by atoms with van der Waals surface area (Å²) in [7, 11) is 0. The number of carbonyl (C=O) groups excluding carboxylic acids is 1. The fourth-order valence-corrected chi connectivity index (χ4v) is 1.21. The van der Waals surface area contributed by atoms with Crippen molar-refractivity contribution in [1.82, 2.24) is 4.98 Å².